The number of esters is 1. The van der Waals surface area contributed by atoms with Crippen LogP contribution in [0.15, 0.2) is 42.5 Å². The van der Waals surface area contributed by atoms with E-state index in [-0.39, 0.29) is 5.56 Å². The predicted octanol–water partition coefficient (Wildman–Crippen LogP) is 8.81. The molecular weight excluding hydrogens is 483 g/mol. The number of unbranched alkanes of at least 4 members (excludes halogenated alkanes) is 9. The van der Waals surface area contributed by atoms with E-state index in [0.717, 1.165) is 25.0 Å². The Hall–Kier alpha value is -2.44. The number of ether oxygens (including phenoxy) is 4. The Morgan fingerprint density at radius 1 is 0.816 bits per heavy atom. The lowest BCUT2D eigenvalue weighted by atomic mass is 10.0. The van der Waals surface area contributed by atoms with Crippen LogP contribution in [0.2, 0.25) is 0 Å². The van der Waals surface area contributed by atoms with Crippen LogP contribution in [0.4, 0.5) is 4.39 Å². The Balaban J connectivity index is 1.40. The van der Waals surface area contributed by atoms with Crippen LogP contribution in [0.5, 0.6) is 11.5 Å². The van der Waals surface area contributed by atoms with E-state index in [2.05, 4.69) is 13.8 Å². The van der Waals surface area contributed by atoms with E-state index in [9.17, 15) is 9.18 Å². The van der Waals surface area contributed by atoms with Crippen LogP contribution >= 0.6 is 0 Å². The lowest BCUT2D eigenvalue weighted by molar-refractivity contribution is -0.207. The van der Waals surface area contributed by atoms with Crippen molar-refractivity contribution in [3.05, 3.63) is 59.4 Å². The van der Waals surface area contributed by atoms with Crippen LogP contribution < -0.4 is 9.47 Å². The summed E-state index contributed by atoms with van der Waals surface area (Å²) < 4.78 is 37.6. The van der Waals surface area contributed by atoms with Gasteiger partial charge in [-0.05, 0) is 49.2 Å². The molecule has 5 nitrogen and oxygen atoms in total. The summed E-state index contributed by atoms with van der Waals surface area (Å²) in [6, 6.07) is 11.2. The molecular formula is C32H45FO5. The first-order valence-electron chi connectivity index (χ1n) is 14.6. The zero-order chi connectivity index (χ0) is 27.0. The highest BCUT2D eigenvalue weighted by molar-refractivity contribution is 5.91. The van der Waals surface area contributed by atoms with E-state index in [1.54, 1.807) is 36.4 Å². The lowest BCUT2D eigenvalue weighted by Crippen LogP contribution is -2.27. The van der Waals surface area contributed by atoms with E-state index in [4.69, 9.17) is 18.9 Å². The molecule has 210 valence electrons. The molecule has 0 radical (unpaired) electrons. The number of halogens is 1. The van der Waals surface area contributed by atoms with E-state index >= 15 is 0 Å². The summed E-state index contributed by atoms with van der Waals surface area (Å²) in [5.74, 6) is 0.302. The van der Waals surface area contributed by atoms with Crippen molar-refractivity contribution in [2.45, 2.75) is 97.2 Å². The molecule has 0 bridgehead atoms. The Labute approximate surface area is 228 Å². The van der Waals surface area contributed by atoms with Crippen molar-refractivity contribution in [3.8, 4) is 11.5 Å². The smallest absolute Gasteiger partial charge is 0.343 e. The molecule has 1 aliphatic heterocycles. The molecule has 3 rings (SSSR count). The zero-order valence-corrected chi connectivity index (χ0v) is 23.2. The Morgan fingerprint density at radius 2 is 1.42 bits per heavy atom. The molecule has 0 saturated carbocycles. The average molecular weight is 529 g/mol. The molecule has 38 heavy (non-hydrogen) atoms. The van der Waals surface area contributed by atoms with Gasteiger partial charge >= 0.3 is 5.97 Å². The number of benzene rings is 2. The number of carbonyl (C=O) groups is 1. The number of hydrogen-bond donors (Lipinski definition) is 0. The van der Waals surface area contributed by atoms with Crippen molar-refractivity contribution in [1.29, 1.82) is 0 Å². The summed E-state index contributed by atoms with van der Waals surface area (Å²) in [6.45, 7) is 6.21. The Morgan fingerprint density at radius 3 is 2.08 bits per heavy atom. The highest BCUT2D eigenvalue weighted by Crippen LogP contribution is 2.30. The average Bonchev–Trinajstić information content (AvgIpc) is 2.94. The molecule has 0 atom stereocenters. The maximum Gasteiger partial charge on any atom is 0.343 e. The van der Waals surface area contributed by atoms with Crippen LogP contribution in [-0.4, -0.2) is 25.8 Å². The van der Waals surface area contributed by atoms with Crippen LogP contribution in [0.1, 0.15) is 113 Å². The zero-order valence-electron chi connectivity index (χ0n) is 23.2. The summed E-state index contributed by atoms with van der Waals surface area (Å²) in [7, 11) is 0. The predicted molar refractivity (Wildman–Crippen MR) is 148 cm³/mol. The monoisotopic (exact) mass is 528 g/mol. The third-order valence-corrected chi connectivity index (χ3v) is 6.97. The standard InChI is InChI=1S/C32H45FO5/c1-3-5-7-9-10-11-13-21-35-27-16-18-28(19-17-27)38-31(34)26-15-20-29(30(33)22-26)32-36-23-25(24-37-32)14-12-8-6-4-2/h15-20,22,25,32H,3-14,21,23-24H2,1-2H3. The molecule has 2 aromatic carbocycles. The van der Waals surface area contributed by atoms with Gasteiger partial charge in [-0.1, -0.05) is 84.1 Å². The van der Waals surface area contributed by atoms with Crippen LogP contribution in [0.25, 0.3) is 0 Å². The summed E-state index contributed by atoms with van der Waals surface area (Å²) in [4.78, 5) is 12.6. The maximum absolute atomic E-state index is 14.8. The van der Waals surface area contributed by atoms with Crippen molar-refractivity contribution < 1.29 is 28.1 Å². The fourth-order valence-electron chi connectivity index (χ4n) is 4.61. The molecule has 0 N–H and O–H groups in total. The van der Waals surface area contributed by atoms with Crippen molar-refractivity contribution in [2.24, 2.45) is 5.92 Å². The molecule has 1 fully saturated rings. The van der Waals surface area contributed by atoms with Crippen molar-refractivity contribution in [3.63, 3.8) is 0 Å². The van der Waals surface area contributed by atoms with Gasteiger partial charge in [0.1, 0.15) is 17.3 Å². The molecule has 0 aliphatic carbocycles. The van der Waals surface area contributed by atoms with Gasteiger partial charge in [-0.2, -0.15) is 0 Å². The van der Waals surface area contributed by atoms with Crippen molar-refractivity contribution in [1.82, 2.24) is 0 Å². The molecule has 1 saturated heterocycles. The van der Waals surface area contributed by atoms with E-state index in [0.29, 0.717) is 37.1 Å². The van der Waals surface area contributed by atoms with Gasteiger partial charge in [-0.15, -0.1) is 0 Å². The number of hydrogen-bond acceptors (Lipinski definition) is 5. The molecule has 0 unspecified atom stereocenters. The van der Waals surface area contributed by atoms with Gasteiger partial charge in [0, 0.05) is 11.5 Å². The fourth-order valence-corrected chi connectivity index (χ4v) is 4.61. The SMILES string of the molecule is CCCCCCCCCOc1ccc(OC(=O)c2ccc(C3OCC(CCCCCC)CO3)c(F)c2)cc1. The van der Waals surface area contributed by atoms with E-state index < -0.39 is 18.1 Å². The highest BCUT2D eigenvalue weighted by atomic mass is 19.1. The van der Waals surface area contributed by atoms with Gasteiger partial charge < -0.3 is 18.9 Å². The summed E-state index contributed by atoms with van der Waals surface area (Å²) in [5.41, 5.74) is 0.434. The minimum atomic E-state index is -0.749. The molecule has 2 aromatic rings. The maximum atomic E-state index is 14.8. The van der Waals surface area contributed by atoms with Crippen molar-refractivity contribution in [2.75, 3.05) is 19.8 Å². The first kappa shape index (κ1) is 30.1. The van der Waals surface area contributed by atoms with Crippen LogP contribution in [0, 0.1) is 11.7 Å². The third kappa shape index (κ3) is 10.4. The largest absolute Gasteiger partial charge is 0.494 e. The topological polar surface area (TPSA) is 54.0 Å². The summed E-state index contributed by atoms with van der Waals surface area (Å²) >= 11 is 0. The number of carbonyl (C=O) groups excluding carboxylic acids is 1. The normalized spacial score (nSPS) is 17.3. The lowest BCUT2D eigenvalue weighted by Gasteiger charge is -2.30. The first-order chi connectivity index (χ1) is 18.6. The van der Waals surface area contributed by atoms with Gasteiger partial charge in [0.05, 0.1) is 25.4 Å². The third-order valence-electron chi connectivity index (χ3n) is 6.97. The Kier molecular flexibility index (Phi) is 13.6. The molecule has 0 amide bonds. The molecule has 6 heteroatoms. The van der Waals surface area contributed by atoms with Gasteiger partial charge in [0.25, 0.3) is 0 Å². The second-order valence-corrected chi connectivity index (χ2v) is 10.3. The van der Waals surface area contributed by atoms with Crippen LogP contribution in [-0.2, 0) is 9.47 Å². The van der Waals surface area contributed by atoms with Gasteiger partial charge in [0.15, 0.2) is 6.29 Å². The Bertz CT molecular complexity index is 937. The second-order valence-electron chi connectivity index (χ2n) is 10.3. The van der Waals surface area contributed by atoms with Gasteiger partial charge in [0.2, 0.25) is 0 Å². The summed E-state index contributed by atoms with van der Waals surface area (Å²) in [6.07, 6.45) is 13.8. The summed E-state index contributed by atoms with van der Waals surface area (Å²) in [5, 5.41) is 0. The van der Waals surface area contributed by atoms with Gasteiger partial charge in [-0.25, -0.2) is 9.18 Å². The second kappa shape index (κ2) is 17.2. The molecule has 1 aliphatic rings. The fraction of sp³-hybridized carbons (Fsp3) is 0.594. The highest BCUT2D eigenvalue weighted by Gasteiger charge is 2.26. The number of rotatable bonds is 17. The minimum absolute atomic E-state index is 0.134. The quantitative estimate of drug-likeness (QED) is 0.117. The first-order valence-corrected chi connectivity index (χ1v) is 14.6. The minimum Gasteiger partial charge on any atom is -0.494 e. The van der Waals surface area contributed by atoms with E-state index in [1.807, 2.05) is 0 Å². The van der Waals surface area contributed by atoms with Crippen LogP contribution in [0.3, 0.4) is 0 Å². The van der Waals surface area contributed by atoms with E-state index in [1.165, 1.54) is 63.9 Å². The molecule has 1 heterocycles. The van der Waals surface area contributed by atoms with Crippen molar-refractivity contribution >= 4 is 5.97 Å². The molecule has 0 spiro atoms. The molecule has 0 aromatic heterocycles. The van der Waals surface area contributed by atoms with Gasteiger partial charge in [-0.3, -0.25) is 0 Å².